The van der Waals surface area contributed by atoms with Gasteiger partial charge in [-0.2, -0.15) is 5.10 Å². The summed E-state index contributed by atoms with van der Waals surface area (Å²) in [5, 5.41) is 7.84. The van der Waals surface area contributed by atoms with Crippen LogP contribution in [0.15, 0.2) is 6.33 Å². The molecule has 17 heavy (non-hydrogen) atoms. The van der Waals surface area contributed by atoms with E-state index in [2.05, 4.69) is 36.2 Å². The summed E-state index contributed by atoms with van der Waals surface area (Å²) in [5.41, 5.74) is 0. The summed E-state index contributed by atoms with van der Waals surface area (Å²) in [6.45, 7) is 7.74. The lowest BCUT2D eigenvalue weighted by Gasteiger charge is -2.14. The van der Waals surface area contributed by atoms with Gasteiger partial charge in [-0.15, -0.1) is 0 Å². The molecule has 0 bridgehead atoms. The average Bonchev–Trinajstić information content (AvgIpc) is 2.96. The minimum Gasteiger partial charge on any atom is -0.314 e. The van der Waals surface area contributed by atoms with Crippen LogP contribution in [-0.4, -0.2) is 27.4 Å². The Morgan fingerprint density at radius 1 is 1.41 bits per heavy atom. The summed E-state index contributed by atoms with van der Waals surface area (Å²) in [5.74, 6) is 1.79. The Bertz CT molecular complexity index is 341. The average molecular weight is 236 g/mol. The maximum Gasteiger partial charge on any atom is 0.138 e. The lowest BCUT2D eigenvalue weighted by atomic mass is 10.0. The summed E-state index contributed by atoms with van der Waals surface area (Å²) in [6, 6.07) is 1.23. The van der Waals surface area contributed by atoms with Crippen molar-refractivity contribution in [2.24, 2.45) is 5.92 Å². The molecular weight excluding hydrogens is 212 g/mol. The molecule has 0 amide bonds. The fourth-order valence-electron chi connectivity index (χ4n) is 2.09. The Labute approximate surface area is 104 Å². The SMILES string of the molecule is CC(CCNC1CC1)Cc1ncnn1C(C)C. The van der Waals surface area contributed by atoms with Crippen molar-refractivity contribution in [3.63, 3.8) is 0 Å². The van der Waals surface area contributed by atoms with Gasteiger partial charge in [-0.3, -0.25) is 0 Å². The molecule has 1 aromatic heterocycles. The summed E-state index contributed by atoms with van der Waals surface area (Å²) in [7, 11) is 0. The van der Waals surface area contributed by atoms with Crippen molar-refractivity contribution >= 4 is 0 Å². The van der Waals surface area contributed by atoms with Crippen LogP contribution in [0.5, 0.6) is 0 Å². The van der Waals surface area contributed by atoms with Gasteiger partial charge in [0, 0.05) is 18.5 Å². The number of hydrogen-bond acceptors (Lipinski definition) is 3. The standard InChI is InChI=1S/C13H24N4/c1-10(2)17-13(15-9-16-17)8-11(3)6-7-14-12-4-5-12/h9-12,14H,4-8H2,1-3H3. The van der Waals surface area contributed by atoms with E-state index in [1.807, 2.05) is 4.68 Å². The molecule has 0 radical (unpaired) electrons. The third-order valence-electron chi connectivity index (χ3n) is 3.31. The van der Waals surface area contributed by atoms with Crippen LogP contribution in [0.3, 0.4) is 0 Å². The predicted molar refractivity (Wildman–Crippen MR) is 68.9 cm³/mol. The van der Waals surface area contributed by atoms with Gasteiger partial charge in [0.2, 0.25) is 0 Å². The molecule has 1 N–H and O–H groups in total. The van der Waals surface area contributed by atoms with E-state index in [0.29, 0.717) is 12.0 Å². The fraction of sp³-hybridized carbons (Fsp3) is 0.846. The second kappa shape index (κ2) is 5.63. The molecular formula is C13H24N4. The second-order valence-electron chi connectivity index (χ2n) is 5.54. The Morgan fingerprint density at radius 2 is 2.18 bits per heavy atom. The first-order valence-corrected chi connectivity index (χ1v) is 6.78. The maximum absolute atomic E-state index is 4.36. The number of nitrogens with one attached hydrogen (secondary N) is 1. The van der Waals surface area contributed by atoms with Crippen LogP contribution >= 0.6 is 0 Å². The molecule has 2 rings (SSSR count). The lowest BCUT2D eigenvalue weighted by molar-refractivity contribution is 0.447. The molecule has 1 fully saturated rings. The van der Waals surface area contributed by atoms with Crippen LogP contribution in [0.1, 0.15) is 51.9 Å². The Morgan fingerprint density at radius 3 is 2.82 bits per heavy atom. The van der Waals surface area contributed by atoms with Crippen molar-refractivity contribution in [1.82, 2.24) is 20.1 Å². The quantitative estimate of drug-likeness (QED) is 0.789. The highest BCUT2D eigenvalue weighted by molar-refractivity contribution is 4.88. The van der Waals surface area contributed by atoms with E-state index in [-0.39, 0.29) is 0 Å². The molecule has 1 aliphatic carbocycles. The zero-order chi connectivity index (χ0) is 12.3. The second-order valence-corrected chi connectivity index (χ2v) is 5.54. The topological polar surface area (TPSA) is 42.7 Å². The van der Waals surface area contributed by atoms with Crippen molar-refractivity contribution in [2.75, 3.05) is 6.54 Å². The van der Waals surface area contributed by atoms with E-state index in [1.54, 1.807) is 6.33 Å². The van der Waals surface area contributed by atoms with Crippen LogP contribution in [-0.2, 0) is 6.42 Å². The van der Waals surface area contributed by atoms with Crippen molar-refractivity contribution in [3.05, 3.63) is 12.2 Å². The maximum atomic E-state index is 4.36. The van der Waals surface area contributed by atoms with E-state index < -0.39 is 0 Å². The normalized spacial score (nSPS) is 17.6. The van der Waals surface area contributed by atoms with Gasteiger partial charge < -0.3 is 5.32 Å². The molecule has 1 heterocycles. The molecule has 96 valence electrons. The van der Waals surface area contributed by atoms with Gasteiger partial charge >= 0.3 is 0 Å². The molecule has 0 aromatic carbocycles. The van der Waals surface area contributed by atoms with E-state index >= 15 is 0 Å². The predicted octanol–water partition coefficient (Wildman–Crippen LogP) is 2.18. The van der Waals surface area contributed by atoms with Crippen LogP contribution in [0.4, 0.5) is 0 Å². The van der Waals surface area contributed by atoms with Crippen molar-refractivity contribution in [2.45, 2.75) is 58.5 Å². The van der Waals surface area contributed by atoms with E-state index in [0.717, 1.165) is 24.8 Å². The molecule has 1 aromatic rings. The third-order valence-corrected chi connectivity index (χ3v) is 3.31. The molecule has 1 aliphatic rings. The van der Waals surface area contributed by atoms with Gasteiger partial charge in [0.1, 0.15) is 12.2 Å². The molecule has 4 nitrogen and oxygen atoms in total. The molecule has 1 unspecified atom stereocenters. The molecule has 1 saturated carbocycles. The summed E-state index contributed by atoms with van der Waals surface area (Å²) < 4.78 is 2.03. The van der Waals surface area contributed by atoms with E-state index in [9.17, 15) is 0 Å². The highest BCUT2D eigenvalue weighted by atomic mass is 15.3. The first-order valence-electron chi connectivity index (χ1n) is 6.78. The van der Waals surface area contributed by atoms with Crippen LogP contribution in [0, 0.1) is 5.92 Å². The molecule has 1 atom stereocenters. The van der Waals surface area contributed by atoms with Crippen LogP contribution < -0.4 is 5.32 Å². The largest absolute Gasteiger partial charge is 0.314 e. The van der Waals surface area contributed by atoms with Gasteiger partial charge in [-0.25, -0.2) is 9.67 Å². The smallest absolute Gasteiger partial charge is 0.138 e. The number of nitrogens with zero attached hydrogens (tertiary/aromatic N) is 3. The minimum absolute atomic E-state index is 0.407. The van der Waals surface area contributed by atoms with Gasteiger partial charge in [-0.05, 0) is 45.6 Å². The summed E-state index contributed by atoms with van der Waals surface area (Å²) in [4.78, 5) is 4.36. The first-order chi connectivity index (χ1) is 8.16. The van der Waals surface area contributed by atoms with E-state index in [1.165, 1.54) is 19.3 Å². The van der Waals surface area contributed by atoms with Crippen LogP contribution in [0.2, 0.25) is 0 Å². The van der Waals surface area contributed by atoms with Crippen molar-refractivity contribution < 1.29 is 0 Å². The number of hydrogen-bond donors (Lipinski definition) is 1. The van der Waals surface area contributed by atoms with Crippen LogP contribution in [0.25, 0.3) is 0 Å². The number of aromatic nitrogens is 3. The molecule has 0 spiro atoms. The molecule has 4 heteroatoms. The zero-order valence-electron chi connectivity index (χ0n) is 11.2. The number of rotatable bonds is 7. The lowest BCUT2D eigenvalue weighted by Crippen LogP contribution is -2.21. The summed E-state index contributed by atoms with van der Waals surface area (Å²) >= 11 is 0. The zero-order valence-corrected chi connectivity index (χ0v) is 11.2. The monoisotopic (exact) mass is 236 g/mol. The summed E-state index contributed by atoms with van der Waals surface area (Å²) in [6.07, 6.45) is 6.67. The first kappa shape index (κ1) is 12.6. The van der Waals surface area contributed by atoms with Gasteiger partial charge in [0.05, 0.1) is 0 Å². The van der Waals surface area contributed by atoms with Crippen molar-refractivity contribution in [3.8, 4) is 0 Å². The molecule has 0 saturated heterocycles. The Hall–Kier alpha value is -0.900. The Kier molecular flexibility index (Phi) is 4.15. The molecule has 0 aliphatic heterocycles. The Balaban J connectivity index is 1.75. The van der Waals surface area contributed by atoms with Gasteiger partial charge in [0.25, 0.3) is 0 Å². The highest BCUT2D eigenvalue weighted by Gasteiger charge is 2.20. The highest BCUT2D eigenvalue weighted by Crippen LogP contribution is 2.19. The van der Waals surface area contributed by atoms with E-state index in [4.69, 9.17) is 0 Å². The minimum atomic E-state index is 0.407. The van der Waals surface area contributed by atoms with Crippen molar-refractivity contribution in [1.29, 1.82) is 0 Å². The van der Waals surface area contributed by atoms with Gasteiger partial charge in [0.15, 0.2) is 0 Å². The van der Waals surface area contributed by atoms with Gasteiger partial charge in [-0.1, -0.05) is 6.92 Å². The fourth-order valence-corrected chi connectivity index (χ4v) is 2.09. The third kappa shape index (κ3) is 3.80.